The molecule has 1 aliphatic carbocycles. The van der Waals surface area contributed by atoms with Crippen molar-refractivity contribution in [2.45, 2.75) is 44.8 Å². The van der Waals surface area contributed by atoms with Crippen molar-refractivity contribution in [3.8, 4) is 0 Å². The van der Waals surface area contributed by atoms with Gasteiger partial charge in [-0.3, -0.25) is 4.79 Å². The quantitative estimate of drug-likeness (QED) is 0.741. The van der Waals surface area contributed by atoms with Crippen LogP contribution < -0.4 is 10.6 Å². The summed E-state index contributed by atoms with van der Waals surface area (Å²) < 4.78 is 5.52. The van der Waals surface area contributed by atoms with Crippen LogP contribution in [0.4, 0.5) is 0 Å². The Kier molecular flexibility index (Phi) is 3.50. The Morgan fingerprint density at radius 2 is 2.25 bits per heavy atom. The fourth-order valence-corrected chi connectivity index (χ4v) is 2.28. The molecule has 1 atom stereocenters. The van der Waals surface area contributed by atoms with Gasteiger partial charge in [0.05, 0.1) is 19.1 Å². The summed E-state index contributed by atoms with van der Waals surface area (Å²) in [6, 6.07) is 0. The fourth-order valence-electron chi connectivity index (χ4n) is 2.28. The van der Waals surface area contributed by atoms with Crippen molar-refractivity contribution < 1.29 is 9.53 Å². The molecule has 0 aromatic heterocycles. The van der Waals surface area contributed by atoms with Crippen molar-refractivity contribution in [1.82, 2.24) is 10.6 Å². The Morgan fingerprint density at radius 1 is 1.50 bits per heavy atom. The summed E-state index contributed by atoms with van der Waals surface area (Å²) in [5.41, 5.74) is -0.0425. The molecule has 92 valence electrons. The highest BCUT2D eigenvalue weighted by molar-refractivity contribution is 5.77. The maximum atomic E-state index is 11.8. The van der Waals surface area contributed by atoms with Crippen LogP contribution in [0.25, 0.3) is 0 Å². The molecule has 2 aliphatic rings. The Bertz CT molecular complexity index is 256. The summed E-state index contributed by atoms with van der Waals surface area (Å²) in [7, 11) is 0. The SMILES string of the molecule is CC(C)(NC(=O)CC1CNCCO1)C1CC1. The Morgan fingerprint density at radius 3 is 2.81 bits per heavy atom. The fraction of sp³-hybridized carbons (Fsp3) is 0.917. The van der Waals surface area contributed by atoms with Crippen molar-refractivity contribution in [2.24, 2.45) is 5.92 Å². The van der Waals surface area contributed by atoms with Crippen LogP contribution >= 0.6 is 0 Å². The van der Waals surface area contributed by atoms with Crippen LogP contribution in [0.2, 0.25) is 0 Å². The molecule has 0 radical (unpaired) electrons. The number of hydrogen-bond acceptors (Lipinski definition) is 3. The Hall–Kier alpha value is -0.610. The summed E-state index contributed by atoms with van der Waals surface area (Å²) in [6.07, 6.45) is 3.01. The molecule has 0 spiro atoms. The normalized spacial score (nSPS) is 26.5. The second kappa shape index (κ2) is 4.72. The zero-order valence-electron chi connectivity index (χ0n) is 10.2. The van der Waals surface area contributed by atoms with Gasteiger partial charge < -0.3 is 15.4 Å². The lowest BCUT2D eigenvalue weighted by Gasteiger charge is -2.28. The van der Waals surface area contributed by atoms with Crippen LogP contribution in [-0.2, 0) is 9.53 Å². The van der Waals surface area contributed by atoms with Crippen molar-refractivity contribution in [3.63, 3.8) is 0 Å². The van der Waals surface area contributed by atoms with Gasteiger partial charge in [-0.2, -0.15) is 0 Å². The van der Waals surface area contributed by atoms with E-state index in [1.165, 1.54) is 12.8 Å². The second-order valence-electron chi connectivity index (χ2n) is 5.45. The first-order valence-electron chi connectivity index (χ1n) is 6.21. The van der Waals surface area contributed by atoms with Crippen LogP contribution in [0, 0.1) is 5.92 Å². The summed E-state index contributed by atoms with van der Waals surface area (Å²) in [5.74, 6) is 0.785. The molecular weight excluding hydrogens is 204 g/mol. The van der Waals surface area contributed by atoms with Crippen LogP contribution in [0.1, 0.15) is 33.1 Å². The van der Waals surface area contributed by atoms with E-state index in [2.05, 4.69) is 24.5 Å². The molecule has 0 aromatic rings. The number of nitrogens with one attached hydrogen (secondary N) is 2. The molecule has 0 bridgehead atoms. The molecule has 1 unspecified atom stereocenters. The van der Waals surface area contributed by atoms with Crippen LogP contribution in [0.15, 0.2) is 0 Å². The molecule has 2 N–H and O–H groups in total. The minimum Gasteiger partial charge on any atom is -0.375 e. The van der Waals surface area contributed by atoms with Crippen LogP contribution in [-0.4, -0.2) is 37.2 Å². The first-order chi connectivity index (χ1) is 7.58. The summed E-state index contributed by atoms with van der Waals surface area (Å²) in [6.45, 7) is 6.62. The molecule has 0 aromatic carbocycles. The topological polar surface area (TPSA) is 50.4 Å². The summed E-state index contributed by atoms with van der Waals surface area (Å²) in [4.78, 5) is 11.8. The first-order valence-corrected chi connectivity index (χ1v) is 6.21. The van der Waals surface area contributed by atoms with Crippen molar-refractivity contribution in [2.75, 3.05) is 19.7 Å². The van der Waals surface area contributed by atoms with E-state index < -0.39 is 0 Å². The number of amides is 1. The van der Waals surface area contributed by atoms with Gasteiger partial charge in [-0.25, -0.2) is 0 Å². The summed E-state index contributed by atoms with van der Waals surface area (Å²) in [5, 5.41) is 6.35. The van der Waals surface area contributed by atoms with E-state index in [0.29, 0.717) is 18.9 Å². The molecule has 1 aliphatic heterocycles. The zero-order chi connectivity index (χ0) is 11.6. The van der Waals surface area contributed by atoms with E-state index in [4.69, 9.17) is 4.74 Å². The smallest absolute Gasteiger partial charge is 0.223 e. The van der Waals surface area contributed by atoms with Gasteiger partial charge in [-0.15, -0.1) is 0 Å². The minimum atomic E-state index is -0.0425. The Labute approximate surface area is 97.1 Å². The third-order valence-corrected chi connectivity index (χ3v) is 3.48. The summed E-state index contributed by atoms with van der Waals surface area (Å²) >= 11 is 0. The monoisotopic (exact) mass is 226 g/mol. The average molecular weight is 226 g/mol. The highest BCUT2D eigenvalue weighted by atomic mass is 16.5. The predicted octanol–water partition coefficient (Wildman–Crippen LogP) is 0.670. The number of ether oxygens (including phenoxy) is 1. The van der Waals surface area contributed by atoms with Gasteiger partial charge in [0.2, 0.25) is 5.91 Å². The lowest BCUT2D eigenvalue weighted by atomic mass is 9.98. The van der Waals surface area contributed by atoms with Gasteiger partial charge in [0, 0.05) is 18.6 Å². The van der Waals surface area contributed by atoms with Crippen molar-refractivity contribution in [3.05, 3.63) is 0 Å². The van der Waals surface area contributed by atoms with E-state index >= 15 is 0 Å². The van der Waals surface area contributed by atoms with Gasteiger partial charge in [0.1, 0.15) is 0 Å². The van der Waals surface area contributed by atoms with E-state index in [1.807, 2.05) is 0 Å². The largest absolute Gasteiger partial charge is 0.375 e. The lowest BCUT2D eigenvalue weighted by molar-refractivity contribution is -0.126. The predicted molar refractivity (Wildman–Crippen MR) is 62.2 cm³/mol. The number of morpholine rings is 1. The average Bonchev–Trinajstić information content (AvgIpc) is 3.01. The molecule has 4 heteroatoms. The third kappa shape index (κ3) is 3.19. The number of hydrogen-bond donors (Lipinski definition) is 2. The van der Waals surface area contributed by atoms with Gasteiger partial charge >= 0.3 is 0 Å². The van der Waals surface area contributed by atoms with E-state index in [0.717, 1.165) is 13.1 Å². The third-order valence-electron chi connectivity index (χ3n) is 3.48. The highest BCUT2D eigenvalue weighted by Gasteiger charge is 2.38. The van der Waals surface area contributed by atoms with E-state index in [9.17, 15) is 4.79 Å². The molecule has 2 rings (SSSR count). The van der Waals surface area contributed by atoms with Gasteiger partial charge in [-0.1, -0.05) is 0 Å². The zero-order valence-corrected chi connectivity index (χ0v) is 10.2. The molecular formula is C12H22N2O2. The van der Waals surface area contributed by atoms with Crippen LogP contribution in [0.5, 0.6) is 0 Å². The molecule has 1 saturated carbocycles. The van der Waals surface area contributed by atoms with Crippen molar-refractivity contribution in [1.29, 1.82) is 0 Å². The molecule has 1 saturated heterocycles. The molecule has 16 heavy (non-hydrogen) atoms. The first kappa shape index (κ1) is 11.9. The van der Waals surface area contributed by atoms with Crippen molar-refractivity contribution >= 4 is 5.91 Å². The molecule has 1 amide bonds. The van der Waals surface area contributed by atoms with E-state index in [-0.39, 0.29) is 17.6 Å². The van der Waals surface area contributed by atoms with Gasteiger partial charge in [-0.05, 0) is 32.6 Å². The number of rotatable bonds is 4. The van der Waals surface area contributed by atoms with Gasteiger partial charge in [0.15, 0.2) is 0 Å². The minimum absolute atomic E-state index is 0.0425. The van der Waals surface area contributed by atoms with E-state index in [1.54, 1.807) is 0 Å². The molecule has 4 nitrogen and oxygen atoms in total. The maximum absolute atomic E-state index is 11.8. The van der Waals surface area contributed by atoms with Gasteiger partial charge in [0.25, 0.3) is 0 Å². The Balaban J connectivity index is 1.74. The number of carbonyl (C=O) groups is 1. The lowest BCUT2D eigenvalue weighted by Crippen LogP contribution is -2.48. The standard InChI is InChI=1S/C12H22N2O2/c1-12(2,9-3-4-9)14-11(15)7-10-8-13-5-6-16-10/h9-10,13H,3-8H2,1-2H3,(H,14,15). The maximum Gasteiger partial charge on any atom is 0.223 e. The molecule has 2 fully saturated rings. The number of carbonyl (C=O) groups excluding carboxylic acids is 1. The highest BCUT2D eigenvalue weighted by Crippen LogP contribution is 2.39. The molecule has 1 heterocycles. The van der Waals surface area contributed by atoms with Crippen LogP contribution in [0.3, 0.4) is 0 Å². The second-order valence-corrected chi connectivity index (χ2v) is 5.45.